The molecule has 118 valence electrons. The normalized spacial score (nSPS) is 23.3. The van der Waals surface area contributed by atoms with Crippen molar-refractivity contribution >= 4 is 15.9 Å². The third-order valence-electron chi connectivity index (χ3n) is 4.24. The highest BCUT2D eigenvalue weighted by atomic mass is 32.2. The van der Waals surface area contributed by atoms with Crippen molar-refractivity contribution in [1.29, 1.82) is 5.26 Å². The van der Waals surface area contributed by atoms with E-state index in [1.165, 1.54) is 9.87 Å². The molecule has 6 nitrogen and oxygen atoms in total. The van der Waals surface area contributed by atoms with Crippen molar-refractivity contribution in [2.24, 2.45) is 5.92 Å². The molecule has 0 aromatic heterocycles. The fourth-order valence-corrected chi connectivity index (χ4v) is 4.43. The van der Waals surface area contributed by atoms with Gasteiger partial charge in [0.2, 0.25) is 0 Å². The number of nitrogens with one attached hydrogen (secondary N) is 1. The Morgan fingerprint density at radius 2 is 2.09 bits per heavy atom. The van der Waals surface area contributed by atoms with Crippen molar-refractivity contribution in [3.8, 4) is 6.07 Å². The summed E-state index contributed by atoms with van der Waals surface area (Å²) >= 11 is 0. The topological polar surface area (TPSA) is 76.4 Å². The molecule has 2 aliphatic rings. The molecule has 1 unspecified atom stereocenters. The van der Waals surface area contributed by atoms with E-state index in [0.717, 1.165) is 18.7 Å². The molecule has 0 aliphatic carbocycles. The van der Waals surface area contributed by atoms with E-state index in [1.807, 2.05) is 6.07 Å². The highest BCUT2D eigenvalue weighted by Gasteiger charge is 2.37. The summed E-state index contributed by atoms with van der Waals surface area (Å²) in [4.78, 5) is 2.20. The lowest BCUT2D eigenvalue weighted by atomic mass is 10.1. The second-order valence-corrected chi connectivity index (χ2v) is 7.74. The summed E-state index contributed by atoms with van der Waals surface area (Å²) in [5.41, 5.74) is 2.33. The van der Waals surface area contributed by atoms with E-state index in [2.05, 4.69) is 40.8 Å². The highest BCUT2D eigenvalue weighted by molar-refractivity contribution is 7.87. The van der Waals surface area contributed by atoms with Crippen molar-refractivity contribution in [2.45, 2.75) is 19.4 Å². The Morgan fingerprint density at radius 1 is 1.32 bits per heavy atom. The van der Waals surface area contributed by atoms with Gasteiger partial charge in [0.05, 0.1) is 12.0 Å². The lowest BCUT2D eigenvalue weighted by Crippen LogP contribution is -2.55. The third-order valence-corrected chi connectivity index (χ3v) is 5.85. The maximum atomic E-state index is 12.2. The van der Waals surface area contributed by atoms with Crippen LogP contribution in [-0.4, -0.2) is 44.9 Å². The van der Waals surface area contributed by atoms with Gasteiger partial charge in [0.1, 0.15) is 0 Å². The molecule has 2 saturated heterocycles. The van der Waals surface area contributed by atoms with Crippen LogP contribution in [0.15, 0.2) is 24.3 Å². The Balaban J connectivity index is 1.58. The molecule has 1 atom stereocenters. The molecular formula is C15H20N4O2S. The predicted molar refractivity (Wildman–Crippen MR) is 84.5 cm³/mol. The average Bonchev–Trinajstić information content (AvgIpc) is 2.85. The van der Waals surface area contributed by atoms with Crippen molar-refractivity contribution in [2.75, 3.05) is 31.1 Å². The second kappa shape index (κ2) is 5.88. The van der Waals surface area contributed by atoms with Crippen LogP contribution >= 0.6 is 0 Å². The lowest BCUT2D eigenvalue weighted by molar-refractivity contribution is 0.244. The summed E-state index contributed by atoms with van der Waals surface area (Å²) < 4.78 is 28.5. The number of hydrogen-bond acceptors (Lipinski definition) is 4. The zero-order valence-corrected chi connectivity index (χ0v) is 13.4. The van der Waals surface area contributed by atoms with Crippen LogP contribution in [0.1, 0.15) is 12.0 Å². The standard InChI is InChI=1S/C15H20N4O2S/c1-12-3-2-4-15(7-12)18-6-5-14(11-18)17-22(20,21)19-9-13(8-16)10-19/h2-4,7,13-14,17H,5-6,9-11H2,1H3. The molecule has 0 saturated carbocycles. The minimum Gasteiger partial charge on any atom is -0.370 e. The molecule has 1 aromatic carbocycles. The van der Waals surface area contributed by atoms with E-state index in [-0.39, 0.29) is 12.0 Å². The van der Waals surface area contributed by atoms with Gasteiger partial charge < -0.3 is 4.90 Å². The number of rotatable bonds is 4. The largest absolute Gasteiger partial charge is 0.370 e. The van der Waals surface area contributed by atoms with Gasteiger partial charge >= 0.3 is 0 Å². The van der Waals surface area contributed by atoms with Crippen LogP contribution < -0.4 is 9.62 Å². The molecule has 2 aliphatic heterocycles. The van der Waals surface area contributed by atoms with Crippen LogP contribution in [0.3, 0.4) is 0 Å². The molecule has 0 amide bonds. The fraction of sp³-hybridized carbons (Fsp3) is 0.533. The molecule has 3 rings (SSSR count). The average molecular weight is 320 g/mol. The van der Waals surface area contributed by atoms with E-state index in [1.54, 1.807) is 0 Å². The summed E-state index contributed by atoms with van der Waals surface area (Å²) in [6.45, 7) is 4.19. The summed E-state index contributed by atoms with van der Waals surface area (Å²) in [6, 6.07) is 10.2. The van der Waals surface area contributed by atoms with E-state index in [9.17, 15) is 8.42 Å². The van der Waals surface area contributed by atoms with Crippen LogP contribution in [0.25, 0.3) is 0 Å². The molecular weight excluding hydrogens is 300 g/mol. The van der Waals surface area contributed by atoms with Crippen molar-refractivity contribution in [3.05, 3.63) is 29.8 Å². The molecule has 2 heterocycles. The van der Waals surface area contributed by atoms with Crippen molar-refractivity contribution in [3.63, 3.8) is 0 Å². The smallest absolute Gasteiger partial charge is 0.279 e. The Morgan fingerprint density at radius 3 is 2.77 bits per heavy atom. The maximum Gasteiger partial charge on any atom is 0.279 e. The fourth-order valence-electron chi connectivity index (χ4n) is 2.92. The minimum absolute atomic E-state index is 0.0772. The Bertz CT molecular complexity index is 692. The monoisotopic (exact) mass is 320 g/mol. The van der Waals surface area contributed by atoms with Gasteiger partial charge in [0.15, 0.2) is 0 Å². The highest BCUT2D eigenvalue weighted by Crippen LogP contribution is 2.23. The van der Waals surface area contributed by atoms with Crippen molar-refractivity contribution < 1.29 is 8.42 Å². The quantitative estimate of drug-likeness (QED) is 0.893. The lowest BCUT2D eigenvalue weighted by Gasteiger charge is -2.34. The zero-order valence-electron chi connectivity index (χ0n) is 12.6. The van der Waals surface area contributed by atoms with Crippen molar-refractivity contribution in [1.82, 2.24) is 9.03 Å². The first-order valence-electron chi connectivity index (χ1n) is 7.46. The van der Waals surface area contributed by atoms with Crippen LogP contribution in [0.5, 0.6) is 0 Å². The maximum absolute atomic E-state index is 12.2. The van der Waals surface area contributed by atoms with E-state index in [4.69, 9.17) is 5.26 Å². The molecule has 2 fully saturated rings. The van der Waals surface area contributed by atoms with E-state index < -0.39 is 10.2 Å². The van der Waals surface area contributed by atoms with Crippen LogP contribution in [0.2, 0.25) is 0 Å². The number of anilines is 1. The van der Waals surface area contributed by atoms with Gasteiger partial charge in [-0.2, -0.15) is 22.7 Å². The Kier molecular flexibility index (Phi) is 4.08. The minimum atomic E-state index is -3.46. The Labute approximate surface area is 131 Å². The van der Waals surface area contributed by atoms with Crippen LogP contribution in [-0.2, 0) is 10.2 Å². The number of nitriles is 1. The van der Waals surface area contributed by atoms with Crippen LogP contribution in [0, 0.1) is 24.2 Å². The third kappa shape index (κ3) is 3.09. The van der Waals surface area contributed by atoms with Gasteiger partial charge in [-0.15, -0.1) is 0 Å². The van der Waals surface area contributed by atoms with E-state index >= 15 is 0 Å². The van der Waals surface area contributed by atoms with Gasteiger partial charge in [-0.25, -0.2) is 0 Å². The second-order valence-electron chi connectivity index (χ2n) is 6.04. The summed E-state index contributed by atoms with van der Waals surface area (Å²) in [5.74, 6) is -0.163. The number of nitrogens with zero attached hydrogens (tertiary/aromatic N) is 3. The molecule has 1 aromatic rings. The first kappa shape index (κ1) is 15.3. The zero-order chi connectivity index (χ0) is 15.7. The van der Waals surface area contributed by atoms with Gasteiger partial charge in [0, 0.05) is 37.9 Å². The molecule has 0 bridgehead atoms. The SMILES string of the molecule is Cc1cccc(N2CCC(NS(=O)(=O)N3CC(C#N)C3)C2)c1. The first-order valence-corrected chi connectivity index (χ1v) is 8.90. The summed E-state index contributed by atoms with van der Waals surface area (Å²) in [6.07, 6.45) is 0.794. The number of benzene rings is 1. The van der Waals surface area contributed by atoms with Gasteiger partial charge in [-0.05, 0) is 31.0 Å². The predicted octanol–water partition coefficient (Wildman–Crippen LogP) is 0.863. The van der Waals surface area contributed by atoms with Gasteiger partial charge in [-0.3, -0.25) is 0 Å². The summed E-state index contributed by atoms with van der Waals surface area (Å²) in [7, 11) is -3.46. The molecule has 7 heteroatoms. The number of hydrogen-bond donors (Lipinski definition) is 1. The molecule has 22 heavy (non-hydrogen) atoms. The molecule has 0 spiro atoms. The molecule has 1 N–H and O–H groups in total. The number of aryl methyl sites for hydroxylation is 1. The van der Waals surface area contributed by atoms with E-state index in [0.29, 0.717) is 19.6 Å². The Hall–Kier alpha value is -1.62. The summed E-state index contributed by atoms with van der Waals surface area (Å²) in [5, 5.41) is 8.74. The van der Waals surface area contributed by atoms with Gasteiger partial charge in [0.25, 0.3) is 10.2 Å². The van der Waals surface area contributed by atoms with Gasteiger partial charge in [-0.1, -0.05) is 12.1 Å². The first-order chi connectivity index (χ1) is 10.5. The van der Waals surface area contributed by atoms with Crippen LogP contribution in [0.4, 0.5) is 5.69 Å². The molecule has 0 radical (unpaired) electrons.